The largest absolute Gasteiger partial charge is 0.468 e. The van der Waals surface area contributed by atoms with Crippen LogP contribution in [0.2, 0.25) is 0 Å². The van der Waals surface area contributed by atoms with Crippen molar-refractivity contribution in [3.63, 3.8) is 0 Å². The second-order valence-electron chi connectivity index (χ2n) is 2.94. The summed E-state index contributed by atoms with van der Waals surface area (Å²) in [5.41, 5.74) is 0. The summed E-state index contributed by atoms with van der Waals surface area (Å²) in [5.74, 6) is 1.12. The van der Waals surface area contributed by atoms with Crippen molar-refractivity contribution in [2.45, 2.75) is 33.1 Å². The smallest absolute Gasteiger partial charge is 0.293 e. The lowest BCUT2D eigenvalue weighted by Gasteiger charge is -1.90. The van der Waals surface area contributed by atoms with Gasteiger partial charge in [-0.3, -0.25) is 9.59 Å². The molecule has 0 aromatic rings. The Hall–Kier alpha value is -0.860. The molecule has 0 aromatic heterocycles. The molecular weight excluding hydrogens is 156 g/mol. The van der Waals surface area contributed by atoms with Crippen molar-refractivity contribution in [2.75, 3.05) is 6.61 Å². The molecule has 70 valence electrons. The lowest BCUT2D eigenvalue weighted by atomic mass is 10.1. The van der Waals surface area contributed by atoms with Gasteiger partial charge in [0.2, 0.25) is 0 Å². The molecule has 1 saturated carbocycles. The van der Waals surface area contributed by atoms with Crippen molar-refractivity contribution in [1.82, 2.24) is 0 Å². The van der Waals surface area contributed by atoms with Gasteiger partial charge in [0.15, 0.2) is 0 Å². The van der Waals surface area contributed by atoms with Gasteiger partial charge in [-0.1, -0.05) is 6.92 Å². The van der Waals surface area contributed by atoms with Gasteiger partial charge >= 0.3 is 0 Å². The minimum Gasteiger partial charge on any atom is -0.468 e. The second kappa shape index (κ2) is 6.83. The van der Waals surface area contributed by atoms with Gasteiger partial charge in [-0.25, -0.2) is 0 Å². The summed E-state index contributed by atoms with van der Waals surface area (Å²) in [6, 6.07) is 0. The molecule has 0 spiro atoms. The molecule has 0 radical (unpaired) electrons. The van der Waals surface area contributed by atoms with Crippen LogP contribution in [0, 0.1) is 5.92 Å². The number of hydrogen-bond acceptors (Lipinski definition) is 3. The third kappa shape index (κ3) is 5.89. The molecule has 1 aliphatic carbocycles. The van der Waals surface area contributed by atoms with E-state index < -0.39 is 0 Å². The maximum absolute atomic E-state index is 10.5. The summed E-state index contributed by atoms with van der Waals surface area (Å²) in [5, 5.41) is 0. The third-order valence-electron chi connectivity index (χ3n) is 1.73. The first-order valence-corrected chi connectivity index (χ1v) is 4.27. The van der Waals surface area contributed by atoms with Crippen LogP contribution in [0.15, 0.2) is 0 Å². The molecule has 0 heterocycles. The zero-order chi connectivity index (χ0) is 9.40. The van der Waals surface area contributed by atoms with Crippen LogP contribution >= 0.6 is 0 Å². The average Bonchev–Trinajstić information content (AvgIpc) is 2.38. The number of carbonyl (C=O) groups is 2. The van der Waals surface area contributed by atoms with E-state index in [-0.39, 0.29) is 0 Å². The van der Waals surface area contributed by atoms with E-state index >= 15 is 0 Å². The van der Waals surface area contributed by atoms with E-state index in [1.807, 2.05) is 0 Å². The van der Waals surface area contributed by atoms with Crippen LogP contribution < -0.4 is 0 Å². The van der Waals surface area contributed by atoms with Crippen molar-refractivity contribution in [3.8, 4) is 0 Å². The fraction of sp³-hybridized carbons (Fsp3) is 0.778. The minimum atomic E-state index is 0.431. The molecule has 0 N–H and O–H groups in total. The molecule has 1 atom stereocenters. The van der Waals surface area contributed by atoms with E-state index in [0.717, 1.165) is 19.3 Å². The molecule has 1 rings (SSSR count). The summed E-state index contributed by atoms with van der Waals surface area (Å²) in [7, 11) is 0. The first-order chi connectivity index (χ1) is 5.70. The van der Waals surface area contributed by atoms with Gasteiger partial charge in [0.25, 0.3) is 6.47 Å². The first-order valence-electron chi connectivity index (χ1n) is 4.27. The number of rotatable bonds is 2. The number of hydrogen-bond donors (Lipinski definition) is 0. The first kappa shape index (κ1) is 11.1. The quantitative estimate of drug-likeness (QED) is 0.593. The Kier molecular flexibility index (Phi) is 6.34. The zero-order valence-corrected chi connectivity index (χ0v) is 7.71. The van der Waals surface area contributed by atoms with Crippen LogP contribution in [0.5, 0.6) is 0 Å². The van der Waals surface area contributed by atoms with Gasteiger partial charge in [0.1, 0.15) is 5.78 Å². The van der Waals surface area contributed by atoms with Crippen LogP contribution in [0.3, 0.4) is 0 Å². The lowest BCUT2D eigenvalue weighted by Crippen LogP contribution is -1.86. The Bertz CT molecular complexity index is 143. The summed E-state index contributed by atoms with van der Waals surface area (Å²) in [4.78, 5) is 19.6. The Morgan fingerprint density at radius 2 is 2.33 bits per heavy atom. The summed E-state index contributed by atoms with van der Waals surface area (Å²) in [6.07, 6.45) is 2.79. The third-order valence-corrected chi connectivity index (χ3v) is 1.73. The maximum atomic E-state index is 10.5. The van der Waals surface area contributed by atoms with Crippen molar-refractivity contribution in [3.05, 3.63) is 0 Å². The lowest BCUT2D eigenvalue weighted by molar-refractivity contribution is -0.128. The van der Waals surface area contributed by atoms with E-state index in [9.17, 15) is 9.59 Å². The van der Waals surface area contributed by atoms with Gasteiger partial charge in [-0.2, -0.15) is 0 Å². The molecule has 12 heavy (non-hydrogen) atoms. The van der Waals surface area contributed by atoms with Crippen molar-refractivity contribution in [2.24, 2.45) is 5.92 Å². The Morgan fingerprint density at radius 3 is 2.42 bits per heavy atom. The van der Waals surface area contributed by atoms with Crippen LogP contribution in [-0.2, 0) is 14.3 Å². The highest BCUT2D eigenvalue weighted by Crippen LogP contribution is 2.19. The van der Waals surface area contributed by atoms with Gasteiger partial charge < -0.3 is 4.74 Å². The van der Waals surface area contributed by atoms with Gasteiger partial charge in [-0.05, 0) is 19.3 Å². The highest BCUT2D eigenvalue weighted by atomic mass is 16.5. The zero-order valence-electron chi connectivity index (χ0n) is 7.71. The summed E-state index contributed by atoms with van der Waals surface area (Å²) < 4.78 is 4.15. The molecule has 0 bridgehead atoms. The molecule has 3 heteroatoms. The van der Waals surface area contributed by atoms with E-state index in [2.05, 4.69) is 11.7 Å². The molecule has 0 aromatic carbocycles. The van der Waals surface area contributed by atoms with E-state index in [0.29, 0.717) is 24.8 Å². The molecule has 0 saturated heterocycles. The van der Waals surface area contributed by atoms with E-state index in [4.69, 9.17) is 0 Å². The monoisotopic (exact) mass is 172 g/mol. The Labute approximate surface area is 73.1 Å². The molecule has 0 amide bonds. The van der Waals surface area contributed by atoms with Crippen LogP contribution in [0.1, 0.15) is 33.1 Å². The highest BCUT2D eigenvalue weighted by Gasteiger charge is 2.16. The van der Waals surface area contributed by atoms with E-state index in [1.165, 1.54) is 0 Å². The number of ether oxygens (including phenoxy) is 1. The SMILES string of the molecule is CCOC=O.C[C@@H]1CCC(=O)C1. The Morgan fingerprint density at radius 1 is 1.67 bits per heavy atom. The minimum absolute atomic E-state index is 0.431. The second-order valence-corrected chi connectivity index (χ2v) is 2.94. The van der Waals surface area contributed by atoms with Crippen molar-refractivity contribution >= 4 is 12.3 Å². The van der Waals surface area contributed by atoms with Crippen LogP contribution in [-0.4, -0.2) is 18.9 Å². The van der Waals surface area contributed by atoms with Crippen LogP contribution in [0.4, 0.5) is 0 Å². The predicted octanol–water partition coefficient (Wildman–Crippen LogP) is 1.55. The maximum Gasteiger partial charge on any atom is 0.293 e. The molecule has 0 unspecified atom stereocenters. The normalized spacial score (nSPS) is 21.2. The Balaban J connectivity index is 0.000000217. The molecular formula is C9H16O3. The summed E-state index contributed by atoms with van der Waals surface area (Å²) >= 11 is 0. The van der Waals surface area contributed by atoms with Crippen molar-refractivity contribution in [1.29, 1.82) is 0 Å². The summed E-state index contributed by atoms with van der Waals surface area (Å²) in [6.45, 7) is 4.79. The molecule has 3 nitrogen and oxygen atoms in total. The van der Waals surface area contributed by atoms with E-state index in [1.54, 1.807) is 6.92 Å². The van der Waals surface area contributed by atoms with Crippen LogP contribution in [0.25, 0.3) is 0 Å². The standard InChI is InChI=1S/C6H10O.C3H6O2/c1-5-2-3-6(7)4-5;1-2-5-3-4/h5H,2-4H2,1H3;3H,2H2,1H3/t5-;/m1./s1. The molecule has 1 aliphatic rings. The fourth-order valence-electron chi connectivity index (χ4n) is 1.07. The molecule has 1 fully saturated rings. The topological polar surface area (TPSA) is 43.4 Å². The number of carbonyl (C=O) groups excluding carboxylic acids is 2. The van der Waals surface area contributed by atoms with Gasteiger partial charge in [-0.15, -0.1) is 0 Å². The van der Waals surface area contributed by atoms with Gasteiger partial charge in [0, 0.05) is 12.8 Å². The van der Waals surface area contributed by atoms with Gasteiger partial charge in [0.05, 0.1) is 6.61 Å². The fourth-order valence-corrected chi connectivity index (χ4v) is 1.07. The average molecular weight is 172 g/mol. The predicted molar refractivity (Wildman–Crippen MR) is 45.7 cm³/mol. The van der Waals surface area contributed by atoms with Crippen molar-refractivity contribution < 1.29 is 14.3 Å². The molecule has 0 aliphatic heterocycles. The number of ketones is 1. The highest BCUT2D eigenvalue weighted by molar-refractivity contribution is 5.80. The number of Topliss-reactive ketones (excluding diaryl/α,β-unsaturated/α-hetero) is 1.